The molecule has 0 saturated heterocycles. The SMILES string of the molecule is CC(C)(C)Cc1cc(=O)oc2cc(O)ccc12. The molecule has 0 unspecified atom stereocenters. The molecule has 1 aromatic heterocycles. The summed E-state index contributed by atoms with van der Waals surface area (Å²) in [7, 11) is 0. The Kier molecular flexibility index (Phi) is 2.69. The van der Waals surface area contributed by atoms with Gasteiger partial charge in [-0.25, -0.2) is 4.79 Å². The van der Waals surface area contributed by atoms with Crippen molar-refractivity contribution in [3.05, 3.63) is 40.2 Å². The molecule has 0 bridgehead atoms. The molecule has 0 atom stereocenters. The van der Waals surface area contributed by atoms with E-state index in [1.807, 2.05) is 0 Å². The molecule has 1 heterocycles. The third kappa shape index (κ3) is 2.67. The molecule has 0 spiro atoms. The van der Waals surface area contributed by atoms with Crippen LogP contribution >= 0.6 is 0 Å². The predicted molar refractivity (Wildman–Crippen MR) is 67.3 cm³/mol. The smallest absolute Gasteiger partial charge is 0.336 e. The lowest BCUT2D eigenvalue weighted by molar-refractivity contribution is 0.411. The molecule has 0 saturated carbocycles. The molecular formula is C14H16O3. The summed E-state index contributed by atoms with van der Waals surface area (Å²) < 4.78 is 5.08. The van der Waals surface area contributed by atoms with Gasteiger partial charge in [0, 0.05) is 17.5 Å². The first-order valence-corrected chi connectivity index (χ1v) is 5.61. The second-order valence-electron chi connectivity index (χ2n) is 5.51. The molecule has 1 N–H and O–H groups in total. The topological polar surface area (TPSA) is 50.4 Å². The Morgan fingerprint density at radius 1 is 1.24 bits per heavy atom. The first-order chi connectivity index (χ1) is 7.85. The van der Waals surface area contributed by atoms with Gasteiger partial charge in [-0.1, -0.05) is 20.8 Å². The average Bonchev–Trinajstić information content (AvgIpc) is 2.13. The standard InChI is InChI=1S/C14H16O3/c1-14(2,3)8-9-6-13(16)17-12-7-10(15)4-5-11(9)12/h4-7,15H,8H2,1-3H3. The average molecular weight is 232 g/mol. The van der Waals surface area contributed by atoms with Crippen LogP contribution in [0.3, 0.4) is 0 Å². The van der Waals surface area contributed by atoms with Crippen molar-refractivity contribution in [2.45, 2.75) is 27.2 Å². The fourth-order valence-electron chi connectivity index (χ4n) is 1.94. The van der Waals surface area contributed by atoms with Crippen LogP contribution in [0, 0.1) is 5.41 Å². The number of aromatic hydroxyl groups is 1. The second-order valence-corrected chi connectivity index (χ2v) is 5.51. The van der Waals surface area contributed by atoms with Crippen LogP contribution in [0.2, 0.25) is 0 Å². The van der Waals surface area contributed by atoms with Crippen LogP contribution in [0.5, 0.6) is 5.75 Å². The molecule has 3 heteroatoms. The van der Waals surface area contributed by atoms with E-state index in [-0.39, 0.29) is 16.8 Å². The Morgan fingerprint density at radius 3 is 2.59 bits per heavy atom. The maximum Gasteiger partial charge on any atom is 0.336 e. The quantitative estimate of drug-likeness (QED) is 0.769. The van der Waals surface area contributed by atoms with Gasteiger partial charge >= 0.3 is 5.63 Å². The lowest BCUT2D eigenvalue weighted by Crippen LogP contribution is -2.11. The number of benzene rings is 1. The van der Waals surface area contributed by atoms with E-state index in [1.54, 1.807) is 12.1 Å². The third-order valence-corrected chi connectivity index (χ3v) is 2.53. The molecule has 0 aliphatic carbocycles. The zero-order valence-electron chi connectivity index (χ0n) is 10.3. The van der Waals surface area contributed by atoms with Gasteiger partial charge in [0.1, 0.15) is 11.3 Å². The first kappa shape index (κ1) is 11.7. The van der Waals surface area contributed by atoms with Crippen molar-refractivity contribution >= 4 is 11.0 Å². The summed E-state index contributed by atoms with van der Waals surface area (Å²) in [6.45, 7) is 6.36. The molecule has 2 rings (SSSR count). The van der Waals surface area contributed by atoms with Crippen LogP contribution in [-0.2, 0) is 6.42 Å². The van der Waals surface area contributed by atoms with Gasteiger partial charge in [0.05, 0.1) is 0 Å². The van der Waals surface area contributed by atoms with E-state index in [0.717, 1.165) is 17.4 Å². The van der Waals surface area contributed by atoms with Crippen LogP contribution < -0.4 is 5.63 Å². The zero-order valence-corrected chi connectivity index (χ0v) is 10.3. The van der Waals surface area contributed by atoms with Gasteiger partial charge in [-0.3, -0.25) is 0 Å². The summed E-state index contributed by atoms with van der Waals surface area (Å²) in [6.07, 6.45) is 0.792. The van der Waals surface area contributed by atoms with Crippen LogP contribution in [0.4, 0.5) is 0 Å². The third-order valence-electron chi connectivity index (χ3n) is 2.53. The fraction of sp³-hybridized carbons (Fsp3) is 0.357. The van der Waals surface area contributed by atoms with E-state index in [1.165, 1.54) is 12.1 Å². The van der Waals surface area contributed by atoms with Crippen molar-refractivity contribution in [2.75, 3.05) is 0 Å². The van der Waals surface area contributed by atoms with E-state index in [0.29, 0.717) is 5.58 Å². The molecule has 0 aliphatic heterocycles. The minimum Gasteiger partial charge on any atom is -0.508 e. The largest absolute Gasteiger partial charge is 0.508 e. The minimum absolute atomic E-state index is 0.0958. The Morgan fingerprint density at radius 2 is 1.94 bits per heavy atom. The summed E-state index contributed by atoms with van der Waals surface area (Å²) in [6, 6.07) is 6.40. The van der Waals surface area contributed by atoms with Gasteiger partial charge in [0.15, 0.2) is 0 Å². The van der Waals surface area contributed by atoms with Crippen molar-refractivity contribution in [1.29, 1.82) is 0 Å². The van der Waals surface area contributed by atoms with Crippen molar-refractivity contribution in [2.24, 2.45) is 5.41 Å². The molecule has 17 heavy (non-hydrogen) atoms. The fourth-order valence-corrected chi connectivity index (χ4v) is 1.94. The van der Waals surface area contributed by atoms with Crippen molar-refractivity contribution in [3.63, 3.8) is 0 Å². The maximum absolute atomic E-state index is 11.5. The molecule has 0 aliphatic rings. The van der Waals surface area contributed by atoms with Crippen LogP contribution in [0.1, 0.15) is 26.3 Å². The molecule has 1 aromatic carbocycles. The predicted octanol–water partition coefficient (Wildman–Crippen LogP) is 3.09. The lowest BCUT2D eigenvalue weighted by Gasteiger charge is -2.18. The van der Waals surface area contributed by atoms with Crippen molar-refractivity contribution in [1.82, 2.24) is 0 Å². The highest BCUT2D eigenvalue weighted by atomic mass is 16.4. The molecule has 3 nitrogen and oxygen atoms in total. The van der Waals surface area contributed by atoms with Gasteiger partial charge in [0.2, 0.25) is 0 Å². The highest BCUT2D eigenvalue weighted by molar-refractivity contribution is 5.81. The van der Waals surface area contributed by atoms with Crippen LogP contribution in [0.15, 0.2) is 33.5 Å². The molecule has 0 amide bonds. The lowest BCUT2D eigenvalue weighted by atomic mass is 9.87. The van der Waals surface area contributed by atoms with Crippen LogP contribution in [-0.4, -0.2) is 5.11 Å². The van der Waals surface area contributed by atoms with E-state index >= 15 is 0 Å². The number of phenolic OH excluding ortho intramolecular Hbond substituents is 1. The summed E-state index contributed by atoms with van der Waals surface area (Å²) in [5.41, 5.74) is 1.13. The summed E-state index contributed by atoms with van der Waals surface area (Å²) in [5, 5.41) is 10.3. The Bertz CT molecular complexity index is 603. The molecule has 0 fully saturated rings. The zero-order chi connectivity index (χ0) is 12.6. The number of hydrogen-bond acceptors (Lipinski definition) is 3. The monoisotopic (exact) mass is 232 g/mol. The normalized spacial score (nSPS) is 11.9. The van der Waals surface area contributed by atoms with Gasteiger partial charge < -0.3 is 9.52 Å². The molecule has 0 radical (unpaired) electrons. The number of rotatable bonds is 1. The van der Waals surface area contributed by atoms with Gasteiger partial charge in [-0.15, -0.1) is 0 Å². The molecule has 90 valence electrons. The van der Waals surface area contributed by atoms with Crippen LogP contribution in [0.25, 0.3) is 11.0 Å². The van der Waals surface area contributed by atoms with E-state index in [9.17, 15) is 9.90 Å². The number of hydrogen-bond donors (Lipinski definition) is 1. The highest BCUT2D eigenvalue weighted by Crippen LogP contribution is 2.27. The Balaban J connectivity index is 2.66. The van der Waals surface area contributed by atoms with Crippen molar-refractivity contribution in [3.8, 4) is 5.75 Å². The van der Waals surface area contributed by atoms with E-state index in [4.69, 9.17) is 4.42 Å². The van der Waals surface area contributed by atoms with E-state index in [2.05, 4.69) is 20.8 Å². The number of phenols is 1. The Labute approximate surface area is 99.7 Å². The van der Waals surface area contributed by atoms with Gasteiger partial charge in [-0.2, -0.15) is 0 Å². The van der Waals surface area contributed by atoms with Crippen molar-refractivity contribution < 1.29 is 9.52 Å². The second kappa shape index (κ2) is 3.91. The van der Waals surface area contributed by atoms with Gasteiger partial charge in [0.25, 0.3) is 0 Å². The summed E-state index contributed by atoms with van der Waals surface area (Å²) in [4.78, 5) is 11.5. The maximum atomic E-state index is 11.5. The molecule has 2 aromatic rings. The van der Waals surface area contributed by atoms with Gasteiger partial charge in [-0.05, 0) is 29.5 Å². The minimum atomic E-state index is -0.373. The molecular weight excluding hydrogens is 216 g/mol. The summed E-state index contributed by atoms with van der Waals surface area (Å²) in [5.74, 6) is 0.105. The highest BCUT2D eigenvalue weighted by Gasteiger charge is 2.15. The first-order valence-electron chi connectivity index (χ1n) is 5.61. The Hall–Kier alpha value is -1.77. The van der Waals surface area contributed by atoms with E-state index < -0.39 is 0 Å². The number of fused-ring (bicyclic) bond motifs is 1. The summed E-state index contributed by atoms with van der Waals surface area (Å²) >= 11 is 0.